The fourth-order valence-corrected chi connectivity index (χ4v) is 3.96. The van der Waals surface area contributed by atoms with Crippen LogP contribution in [0.15, 0.2) is 39.4 Å². The summed E-state index contributed by atoms with van der Waals surface area (Å²) < 4.78 is 7.29. The number of halogens is 1. The Morgan fingerprint density at radius 3 is 2.80 bits per heavy atom. The van der Waals surface area contributed by atoms with Gasteiger partial charge in [-0.3, -0.25) is 0 Å². The van der Waals surface area contributed by atoms with Gasteiger partial charge in [0, 0.05) is 25.6 Å². The van der Waals surface area contributed by atoms with E-state index in [1.807, 2.05) is 17.8 Å². The fraction of sp³-hybridized carbons (Fsp3) is 0.375. The number of hydrogen-bond acceptors (Lipinski definition) is 7. The monoisotopic (exact) mass is 376 g/mol. The highest BCUT2D eigenvalue weighted by Crippen LogP contribution is 2.36. The van der Waals surface area contributed by atoms with Crippen molar-refractivity contribution in [2.75, 3.05) is 0 Å². The summed E-state index contributed by atoms with van der Waals surface area (Å²) in [4.78, 5) is 13.1. The lowest BCUT2D eigenvalue weighted by molar-refractivity contribution is 0.372. The van der Waals surface area contributed by atoms with Crippen molar-refractivity contribution in [1.29, 1.82) is 0 Å². The van der Waals surface area contributed by atoms with Crippen molar-refractivity contribution in [2.24, 2.45) is 12.8 Å². The molecule has 7 nitrogen and oxygen atoms in total. The van der Waals surface area contributed by atoms with Crippen molar-refractivity contribution in [1.82, 2.24) is 24.7 Å². The predicted molar refractivity (Wildman–Crippen MR) is 94.2 cm³/mol. The number of nitrogens with two attached hydrogens (primary N) is 1. The van der Waals surface area contributed by atoms with Crippen LogP contribution in [0.25, 0.3) is 11.5 Å². The van der Waals surface area contributed by atoms with Crippen LogP contribution >= 0.6 is 23.4 Å². The van der Waals surface area contributed by atoms with E-state index in [-0.39, 0.29) is 0 Å². The molecule has 3 aromatic heterocycles. The molecule has 0 unspecified atom stereocenters. The average molecular weight is 377 g/mol. The number of imidazole rings is 1. The molecule has 0 spiro atoms. The molecule has 9 heteroatoms. The maximum Gasteiger partial charge on any atom is 0.259 e. The van der Waals surface area contributed by atoms with Gasteiger partial charge < -0.3 is 14.8 Å². The molecule has 130 valence electrons. The van der Waals surface area contributed by atoms with E-state index in [0.29, 0.717) is 27.3 Å². The Balaban J connectivity index is 1.58. The molecule has 1 aliphatic rings. The molecule has 25 heavy (non-hydrogen) atoms. The van der Waals surface area contributed by atoms with E-state index in [2.05, 4.69) is 20.1 Å². The van der Waals surface area contributed by atoms with Crippen molar-refractivity contribution < 1.29 is 4.52 Å². The Morgan fingerprint density at radius 2 is 2.12 bits per heavy atom. The lowest BCUT2D eigenvalue weighted by Gasteiger charge is -2.17. The van der Waals surface area contributed by atoms with Crippen LogP contribution in [0, 0.1) is 0 Å². The normalized spacial score (nSPS) is 16.4. The summed E-state index contributed by atoms with van der Waals surface area (Å²) in [6.07, 6.45) is 9.22. The van der Waals surface area contributed by atoms with Gasteiger partial charge in [0.1, 0.15) is 5.03 Å². The molecule has 3 aromatic rings. The fourth-order valence-electron chi connectivity index (χ4n) is 2.93. The van der Waals surface area contributed by atoms with Crippen LogP contribution in [-0.2, 0) is 12.6 Å². The van der Waals surface area contributed by atoms with E-state index in [4.69, 9.17) is 21.9 Å². The minimum absolute atomic E-state index is 0.384. The molecule has 1 fully saturated rings. The standard InChI is InChI=1S/C16H17ClN6OS/c1-23-7-6-19-15(23)25-13-11(17)8-10(9-20-13)12-21-14(22-24-12)16(18)4-2-3-5-16/h6-9H,2-5,18H2,1H3. The van der Waals surface area contributed by atoms with E-state index in [1.165, 1.54) is 11.8 Å². The third-order valence-electron chi connectivity index (χ3n) is 4.39. The first kappa shape index (κ1) is 16.6. The smallest absolute Gasteiger partial charge is 0.259 e. The summed E-state index contributed by atoms with van der Waals surface area (Å²) in [5.41, 5.74) is 6.57. The second-order valence-corrected chi connectivity index (χ2v) is 7.58. The van der Waals surface area contributed by atoms with Gasteiger partial charge in [-0.15, -0.1) is 0 Å². The average Bonchev–Trinajstić information content (AvgIpc) is 3.32. The number of aryl methyl sites for hydroxylation is 1. The summed E-state index contributed by atoms with van der Waals surface area (Å²) in [5.74, 6) is 0.942. The second-order valence-electron chi connectivity index (χ2n) is 6.22. The number of pyridine rings is 1. The number of rotatable bonds is 4. The van der Waals surface area contributed by atoms with Crippen molar-refractivity contribution in [2.45, 2.75) is 41.4 Å². The van der Waals surface area contributed by atoms with Gasteiger partial charge in [0.25, 0.3) is 5.89 Å². The van der Waals surface area contributed by atoms with Crippen LogP contribution in [0.3, 0.4) is 0 Å². The molecule has 0 saturated heterocycles. The van der Waals surface area contributed by atoms with E-state index in [1.54, 1.807) is 18.5 Å². The maximum absolute atomic E-state index is 6.38. The van der Waals surface area contributed by atoms with E-state index in [9.17, 15) is 0 Å². The van der Waals surface area contributed by atoms with Gasteiger partial charge in [-0.05, 0) is 30.7 Å². The van der Waals surface area contributed by atoms with Gasteiger partial charge in [0.15, 0.2) is 11.0 Å². The first-order valence-electron chi connectivity index (χ1n) is 7.99. The number of nitrogens with zero attached hydrogens (tertiary/aromatic N) is 5. The van der Waals surface area contributed by atoms with Crippen LogP contribution < -0.4 is 5.73 Å². The molecule has 0 radical (unpaired) electrons. The third-order valence-corrected chi connectivity index (χ3v) is 5.88. The minimum Gasteiger partial charge on any atom is -0.334 e. The highest BCUT2D eigenvalue weighted by Gasteiger charge is 2.36. The molecular weight excluding hydrogens is 360 g/mol. The minimum atomic E-state index is -0.479. The lowest BCUT2D eigenvalue weighted by atomic mass is 9.99. The van der Waals surface area contributed by atoms with Crippen LogP contribution in [-0.4, -0.2) is 24.7 Å². The van der Waals surface area contributed by atoms with Crippen LogP contribution in [0.4, 0.5) is 0 Å². The molecule has 0 amide bonds. The Kier molecular flexibility index (Phi) is 4.26. The summed E-state index contributed by atoms with van der Waals surface area (Å²) >= 11 is 7.77. The molecule has 0 bridgehead atoms. The summed E-state index contributed by atoms with van der Waals surface area (Å²) in [6.45, 7) is 0. The van der Waals surface area contributed by atoms with E-state index < -0.39 is 5.54 Å². The summed E-state index contributed by atoms with van der Waals surface area (Å²) in [6, 6.07) is 1.77. The zero-order valence-corrected chi connectivity index (χ0v) is 15.2. The molecule has 3 heterocycles. The quantitative estimate of drug-likeness (QED) is 0.745. The van der Waals surface area contributed by atoms with Gasteiger partial charge in [0.2, 0.25) is 0 Å². The van der Waals surface area contributed by atoms with Crippen molar-refractivity contribution in [3.63, 3.8) is 0 Å². The first-order chi connectivity index (χ1) is 12.0. The molecule has 4 rings (SSSR count). The van der Waals surface area contributed by atoms with Gasteiger partial charge in [-0.2, -0.15) is 4.98 Å². The van der Waals surface area contributed by atoms with Crippen molar-refractivity contribution >= 4 is 23.4 Å². The SMILES string of the molecule is Cn1ccnc1Sc1ncc(-c2nc(C3(N)CCCC3)no2)cc1Cl. The molecule has 0 aliphatic heterocycles. The van der Waals surface area contributed by atoms with E-state index in [0.717, 1.165) is 30.8 Å². The lowest BCUT2D eigenvalue weighted by Crippen LogP contribution is -2.34. The molecular formula is C16H17ClN6OS. The maximum atomic E-state index is 6.38. The largest absolute Gasteiger partial charge is 0.334 e. The van der Waals surface area contributed by atoms with Gasteiger partial charge in [0.05, 0.1) is 16.1 Å². The molecule has 2 N–H and O–H groups in total. The van der Waals surface area contributed by atoms with Crippen LogP contribution in [0.2, 0.25) is 5.02 Å². The molecule has 1 saturated carbocycles. The van der Waals surface area contributed by atoms with Crippen molar-refractivity contribution in [3.8, 4) is 11.5 Å². The zero-order chi connectivity index (χ0) is 17.4. The highest BCUT2D eigenvalue weighted by molar-refractivity contribution is 7.99. The van der Waals surface area contributed by atoms with Crippen LogP contribution in [0.5, 0.6) is 0 Å². The summed E-state index contributed by atoms with van der Waals surface area (Å²) in [7, 11) is 1.92. The number of hydrogen-bond donors (Lipinski definition) is 1. The van der Waals surface area contributed by atoms with Gasteiger partial charge in [-0.1, -0.05) is 29.6 Å². The second kappa shape index (κ2) is 6.44. The Morgan fingerprint density at radius 1 is 1.32 bits per heavy atom. The first-order valence-corrected chi connectivity index (χ1v) is 9.19. The third kappa shape index (κ3) is 3.17. The number of aromatic nitrogens is 5. The highest BCUT2D eigenvalue weighted by atomic mass is 35.5. The topological polar surface area (TPSA) is 95.7 Å². The van der Waals surface area contributed by atoms with Crippen LogP contribution in [0.1, 0.15) is 31.5 Å². The molecule has 0 aromatic carbocycles. The van der Waals surface area contributed by atoms with Crippen molar-refractivity contribution in [3.05, 3.63) is 35.5 Å². The Labute approximate surface area is 154 Å². The van der Waals surface area contributed by atoms with Gasteiger partial charge in [-0.25, -0.2) is 9.97 Å². The summed E-state index contributed by atoms with van der Waals surface area (Å²) in [5, 5.41) is 6.06. The van der Waals surface area contributed by atoms with Gasteiger partial charge >= 0.3 is 0 Å². The van der Waals surface area contributed by atoms with E-state index >= 15 is 0 Å². The predicted octanol–water partition coefficient (Wildman–Crippen LogP) is 3.40. The molecule has 0 atom stereocenters. The Bertz CT molecular complexity index is 902. The molecule has 1 aliphatic carbocycles. The Hall–Kier alpha value is -1.90. The zero-order valence-electron chi connectivity index (χ0n) is 13.6.